The standard InChI is InChI=1S/C14H17FN2O2S/c15-13-5-6-14(12(10-13)2-1-8-16)20(18,19)17-9-7-11-3-4-11/h5-6,10-11,17H,3-4,7-9,16H2. The molecule has 108 valence electrons. The molecule has 0 saturated heterocycles. The molecule has 0 aliphatic heterocycles. The van der Waals surface area contributed by atoms with Crippen LogP contribution in [0.25, 0.3) is 0 Å². The summed E-state index contributed by atoms with van der Waals surface area (Å²) in [5.41, 5.74) is 5.40. The van der Waals surface area contributed by atoms with Crippen molar-refractivity contribution in [3.05, 3.63) is 29.6 Å². The highest BCUT2D eigenvalue weighted by atomic mass is 32.2. The molecule has 1 aromatic carbocycles. The molecule has 0 atom stereocenters. The Balaban J connectivity index is 2.19. The third-order valence-electron chi connectivity index (χ3n) is 3.10. The van der Waals surface area contributed by atoms with Crippen LogP contribution in [0.3, 0.4) is 0 Å². The average Bonchev–Trinajstić information content (AvgIpc) is 3.20. The van der Waals surface area contributed by atoms with Crippen LogP contribution in [0.15, 0.2) is 23.1 Å². The molecule has 1 aromatic rings. The Morgan fingerprint density at radius 3 is 2.80 bits per heavy atom. The van der Waals surface area contributed by atoms with Crippen LogP contribution in [0.5, 0.6) is 0 Å². The van der Waals surface area contributed by atoms with Crippen molar-refractivity contribution >= 4 is 10.0 Å². The van der Waals surface area contributed by atoms with Crippen molar-refractivity contribution in [3.63, 3.8) is 0 Å². The lowest BCUT2D eigenvalue weighted by molar-refractivity contribution is 0.574. The van der Waals surface area contributed by atoms with Crippen molar-refractivity contribution < 1.29 is 12.8 Å². The predicted octanol–water partition coefficient (Wildman–Crippen LogP) is 1.21. The van der Waals surface area contributed by atoms with E-state index in [2.05, 4.69) is 16.6 Å². The molecular weight excluding hydrogens is 279 g/mol. The Morgan fingerprint density at radius 1 is 1.40 bits per heavy atom. The van der Waals surface area contributed by atoms with E-state index in [1.54, 1.807) is 0 Å². The van der Waals surface area contributed by atoms with Gasteiger partial charge in [-0.1, -0.05) is 24.7 Å². The van der Waals surface area contributed by atoms with Crippen LogP contribution >= 0.6 is 0 Å². The first-order chi connectivity index (χ1) is 9.53. The van der Waals surface area contributed by atoms with Gasteiger partial charge in [0.1, 0.15) is 5.82 Å². The third-order valence-corrected chi connectivity index (χ3v) is 4.62. The number of hydrogen-bond donors (Lipinski definition) is 2. The topological polar surface area (TPSA) is 72.2 Å². The molecule has 1 aliphatic carbocycles. The van der Waals surface area contributed by atoms with Crippen LogP contribution in [0.4, 0.5) is 4.39 Å². The second kappa shape index (κ2) is 6.35. The lowest BCUT2D eigenvalue weighted by atomic mass is 10.2. The maximum absolute atomic E-state index is 13.2. The van der Waals surface area contributed by atoms with Crippen molar-refractivity contribution in [3.8, 4) is 11.8 Å². The zero-order chi connectivity index (χ0) is 14.6. The molecule has 0 amide bonds. The molecule has 0 radical (unpaired) electrons. The summed E-state index contributed by atoms with van der Waals surface area (Å²) in [4.78, 5) is -0.00403. The zero-order valence-electron chi connectivity index (χ0n) is 11.0. The van der Waals surface area contributed by atoms with E-state index in [0.29, 0.717) is 12.5 Å². The monoisotopic (exact) mass is 296 g/mol. The van der Waals surface area contributed by atoms with Gasteiger partial charge >= 0.3 is 0 Å². The van der Waals surface area contributed by atoms with Gasteiger partial charge in [-0.3, -0.25) is 0 Å². The SMILES string of the molecule is NCC#Cc1cc(F)ccc1S(=O)(=O)NCCC1CC1. The molecule has 4 nitrogen and oxygen atoms in total. The molecule has 3 N–H and O–H groups in total. The van der Waals surface area contributed by atoms with Crippen molar-refractivity contribution in [2.45, 2.75) is 24.2 Å². The van der Waals surface area contributed by atoms with Crippen molar-refractivity contribution in [2.24, 2.45) is 11.7 Å². The summed E-state index contributed by atoms with van der Waals surface area (Å²) in [6.07, 6.45) is 3.18. The Hall–Kier alpha value is -1.42. The minimum atomic E-state index is -3.67. The van der Waals surface area contributed by atoms with Crippen LogP contribution in [-0.4, -0.2) is 21.5 Å². The third kappa shape index (κ3) is 4.04. The molecule has 0 aromatic heterocycles. The van der Waals surface area contributed by atoms with Gasteiger partial charge in [0.25, 0.3) is 0 Å². The normalized spacial score (nSPS) is 14.7. The van der Waals surface area contributed by atoms with Gasteiger partial charge in [0.2, 0.25) is 10.0 Å². The maximum Gasteiger partial charge on any atom is 0.241 e. The lowest BCUT2D eigenvalue weighted by Gasteiger charge is -2.08. The van der Waals surface area contributed by atoms with Crippen LogP contribution in [0, 0.1) is 23.6 Å². The molecule has 6 heteroatoms. The fourth-order valence-corrected chi connectivity index (χ4v) is 3.05. The first kappa shape index (κ1) is 15.0. The van der Waals surface area contributed by atoms with E-state index in [9.17, 15) is 12.8 Å². The van der Waals surface area contributed by atoms with E-state index in [0.717, 1.165) is 18.6 Å². The van der Waals surface area contributed by atoms with Gasteiger partial charge < -0.3 is 5.73 Å². The Kier molecular flexibility index (Phi) is 4.76. The Morgan fingerprint density at radius 2 is 2.15 bits per heavy atom. The fourth-order valence-electron chi connectivity index (χ4n) is 1.86. The fraction of sp³-hybridized carbons (Fsp3) is 0.429. The van der Waals surface area contributed by atoms with Gasteiger partial charge in [-0.05, 0) is 30.5 Å². The highest BCUT2D eigenvalue weighted by molar-refractivity contribution is 7.89. The van der Waals surface area contributed by atoms with E-state index >= 15 is 0 Å². The Labute approximate surface area is 118 Å². The molecule has 1 fully saturated rings. The quantitative estimate of drug-likeness (QED) is 0.802. The summed E-state index contributed by atoms with van der Waals surface area (Å²) in [6.45, 7) is 0.485. The zero-order valence-corrected chi connectivity index (χ0v) is 11.8. The van der Waals surface area contributed by atoms with E-state index in [-0.39, 0.29) is 17.0 Å². The van der Waals surface area contributed by atoms with E-state index < -0.39 is 15.8 Å². The summed E-state index contributed by atoms with van der Waals surface area (Å²) < 4.78 is 40.1. The Bertz CT molecular complexity index is 643. The van der Waals surface area contributed by atoms with Gasteiger partial charge in [0.15, 0.2) is 0 Å². The van der Waals surface area contributed by atoms with Gasteiger partial charge in [-0.15, -0.1) is 0 Å². The second-order valence-corrected chi connectivity index (χ2v) is 6.51. The smallest absolute Gasteiger partial charge is 0.241 e. The van der Waals surface area contributed by atoms with Crippen molar-refractivity contribution in [1.82, 2.24) is 4.72 Å². The summed E-state index contributed by atoms with van der Waals surface area (Å²) in [5.74, 6) is 5.26. The molecule has 2 rings (SSSR count). The van der Waals surface area contributed by atoms with Gasteiger partial charge in [0, 0.05) is 12.1 Å². The maximum atomic E-state index is 13.2. The lowest BCUT2D eigenvalue weighted by Crippen LogP contribution is -2.26. The molecule has 0 unspecified atom stereocenters. The molecule has 0 spiro atoms. The predicted molar refractivity (Wildman–Crippen MR) is 74.9 cm³/mol. The summed E-state index contributed by atoms with van der Waals surface area (Å²) in [6, 6.07) is 3.45. The van der Waals surface area contributed by atoms with E-state index in [4.69, 9.17) is 5.73 Å². The number of nitrogens with two attached hydrogens (primary N) is 1. The van der Waals surface area contributed by atoms with Gasteiger partial charge in [-0.2, -0.15) is 0 Å². The number of nitrogens with one attached hydrogen (secondary N) is 1. The van der Waals surface area contributed by atoms with Crippen molar-refractivity contribution in [2.75, 3.05) is 13.1 Å². The average molecular weight is 296 g/mol. The highest BCUT2D eigenvalue weighted by Crippen LogP contribution is 2.31. The molecule has 0 heterocycles. The molecule has 20 heavy (non-hydrogen) atoms. The number of halogens is 1. The van der Waals surface area contributed by atoms with Crippen LogP contribution in [0.1, 0.15) is 24.8 Å². The van der Waals surface area contributed by atoms with Crippen LogP contribution < -0.4 is 10.5 Å². The number of rotatable bonds is 5. The highest BCUT2D eigenvalue weighted by Gasteiger charge is 2.23. The first-order valence-electron chi connectivity index (χ1n) is 6.51. The molecule has 1 aliphatic rings. The second-order valence-electron chi connectivity index (χ2n) is 4.78. The molecule has 1 saturated carbocycles. The molecule has 0 bridgehead atoms. The van der Waals surface area contributed by atoms with E-state index in [1.165, 1.54) is 18.9 Å². The first-order valence-corrected chi connectivity index (χ1v) is 7.99. The number of benzene rings is 1. The number of sulfonamides is 1. The van der Waals surface area contributed by atoms with Gasteiger partial charge in [0.05, 0.1) is 11.4 Å². The minimum absolute atomic E-state index is 0.00403. The minimum Gasteiger partial charge on any atom is -0.320 e. The van der Waals surface area contributed by atoms with Gasteiger partial charge in [-0.25, -0.2) is 17.5 Å². The van der Waals surface area contributed by atoms with Crippen LogP contribution in [0.2, 0.25) is 0 Å². The summed E-state index contributed by atoms with van der Waals surface area (Å²) in [7, 11) is -3.67. The largest absolute Gasteiger partial charge is 0.320 e. The van der Waals surface area contributed by atoms with Crippen LogP contribution in [-0.2, 0) is 10.0 Å². The number of hydrogen-bond acceptors (Lipinski definition) is 3. The van der Waals surface area contributed by atoms with Crippen molar-refractivity contribution in [1.29, 1.82) is 0 Å². The molecular formula is C14H17FN2O2S. The van der Waals surface area contributed by atoms with E-state index in [1.807, 2.05) is 0 Å². The summed E-state index contributed by atoms with van der Waals surface area (Å²) in [5, 5.41) is 0. The summed E-state index contributed by atoms with van der Waals surface area (Å²) >= 11 is 0.